The zero-order chi connectivity index (χ0) is 24.2. The Morgan fingerprint density at radius 1 is 0.515 bits per heavy atom. The highest BCUT2D eigenvalue weighted by Crippen LogP contribution is 1.86. The molecule has 0 radical (unpaired) electrons. The minimum Gasteiger partial charge on any atom is -0.481 e. The van der Waals surface area contributed by atoms with Gasteiger partial charge < -0.3 is 48.3 Å². The van der Waals surface area contributed by atoms with Gasteiger partial charge in [0.2, 0.25) is 5.91 Å². The van der Waals surface area contributed by atoms with E-state index in [1.54, 1.807) is 0 Å². The minimum atomic E-state index is -0.874. The molecule has 12 nitrogen and oxygen atoms in total. The number of carboxylic acid groups (broad SMARTS) is 1. The number of hydrogen-bond donors (Lipinski definition) is 2. The maximum absolute atomic E-state index is 10.7. The predicted molar refractivity (Wildman–Crippen MR) is 117 cm³/mol. The van der Waals surface area contributed by atoms with Crippen molar-refractivity contribution in [1.82, 2.24) is 5.32 Å². The molecule has 0 aliphatic rings. The van der Waals surface area contributed by atoms with Crippen molar-refractivity contribution in [2.75, 3.05) is 112 Å². The quantitative estimate of drug-likeness (QED) is 0.149. The van der Waals surface area contributed by atoms with Gasteiger partial charge in [-0.05, 0) is 0 Å². The van der Waals surface area contributed by atoms with Crippen molar-refractivity contribution in [3.63, 3.8) is 0 Å². The first-order valence-electron chi connectivity index (χ1n) is 11.2. The van der Waals surface area contributed by atoms with Crippen LogP contribution < -0.4 is 5.32 Å². The van der Waals surface area contributed by atoms with Crippen molar-refractivity contribution < 1.29 is 52.6 Å². The van der Waals surface area contributed by atoms with Crippen LogP contribution in [0.3, 0.4) is 0 Å². The zero-order valence-corrected chi connectivity index (χ0v) is 19.8. The largest absolute Gasteiger partial charge is 0.481 e. The van der Waals surface area contributed by atoms with Crippen LogP contribution in [-0.2, 0) is 47.5 Å². The maximum atomic E-state index is 10.7. The number of hydrogen-bond acceptors (Lipinski definition) is 10. The van der Waals surface area contributed by atoms with Gasteiger partial charge in [0.05, 0.1) is 112 Å². The topological polar surface area (TPSA) is 140 Å². The van der Waals surface area contributed by atoms with Gasteiger partial charge in [-0.1, -0.05) is 0 Å². The van der Waals surface area contributed by atoms with E-state index in [1.807, 2.05) is 0 Å². The molecule has 196 valence electrons. The van der Waals surface area contributed by atoms with Gasteiger partial charge in [0.15, 0.2) is 0 Å². The molecule has 0 fully saturated rings. The molecule has 2 N–H and O–H groups in total. The van der Waals surface area contributed by atoms with E-state index in [1.165, 1.54) is 6.92 Å². The van der Waals surface area contributed by atoms with Crippen LogP contribution in [0.4, 0.5) is 0 Å². The third kappa shape index (κ3) is 30.6. The lowest BCUT2D eigenvalue weighted by Crippen LogP contribution is -2.25. The van der Waals surface area contributed by atoms with E-state index >= 15 is 0 Å². The molecule has 0 spiro atoms. The molecule has 0 saturated carbocycles. The van der Waals surface area contributed by atoms with E-state index < -0.39 is 5.97 Å². The van der Waals surface area contributed by atoms with Crippen molar-refractivity contribution >= 4 is 11.9 Å². The summed E-state index contributed by atoms with van der Waals surface area (Å²) in [6, 6.07) is 0. The molecule has 12 heteroatoms. The fourth-order valence-corrected chi connectivity index (χ4v) is 2.10. The number of aliphatic carboxylic acids is 1. The zero-order valence-electron chi connectivity index (χ0n) is 19.8. The lowest BCUT2D eigenvalue weighted by molar-refractivity contribution is -0.138. The lowest BCUT2D eigenvalue weighted by Gasteiger charge is -2.08. The summed E-state index contributed by atoms with van der Waals surface area (Å²) in [5.74, 6) is -0.940. The van der Waals surface area contributed by atoms with E-state index in [2.05, 4.69) is 5.32 Å². The average molecular weight is 484 g/mol. The summed E-state index contributed by atoms with van der Waals surface area (Å²) < 4.78 is 42.6. The molecule has 0 aliphatic heterocycles. The van der Waals surface area contributed by atoms with E-state index in [0.717, 1.165) is 0 Å². The molecule has 33 heavy (non-hydrogen) atoms. The second kappa shape index (κ2) is 26.9. The van der Waals surface area contributed by atoms with Crippen molar-refractivity contribution in [3.8, 4) is 0 Å². The molecule has 0 aromatic heterocycles. The first-order valence-corrected chi connectivity index (χ1v) is 11.2. The molecule has 0 aromatic rings. The number of amides is 1. The number of rotatable bonds is 27. The fraction of sp³-hybridized carbons (Fsp3) is 0.905. The average Bonchev–Trinajstić information content (AvgIpc) is 2.78. The van der Waals surface area contributed by atoms with Gasteiger partial charge in [0.1, 0.15) is 0 Å². The minimum absolute atomic E-state index is 0.000924. The van der Waals surface area contributed by atoms with Crippen LogP contribution in [0, 0.1) is 0 Å². The molecule has 0 atom stereocenters. The Kier molecular flexibility index (Phi) is 25.7. The molecule has 1 amide bonds. The summed E-state index contributed by atoms with van der Waals surface area (Å²) in [4.78, 5) is 20.9. The predicted octanol–water partition coefficient (Wildman–Crippen LogP) is -0.270. The number of ether oxygens (including phenoxy) is 8. The van der Waals surface area contributed by atoms with Crippen molar-refractivity contribution in [3.05, 3.63) is 0 Å². The van der Waals surface area contributed by atoms with Gasteiger partial charge in [-0.15, -0.1) is 0 Å². The van der Waals surface area contributed by atoms with Gasteiger partial charge in [-0.2, -0.15) is 0 Å². The van der Waals surface area contributed by atoms with Crippen molar-refractivity contribution in [1.29, 1.82) is 0 Å². The number of nitrogens with one attached hydrogen (secondary N) is 1. The molecule has 0 unspecified atom stereocenters. The Bertz CT molecular complexity index is 402. The first kappa shape index (κ1) is 31.6. The summed E-state index contributed by atoms with van der Waals surface area (Å²) in [6.07, 6.45) is -0.000924. The number of carbonyl (C=O) groups excluding carboxylic acids is 1. The molecular formula is C21H41NO11. The van der Waals surface area contributed by atoms with Crippen LogP contribution in [0.2, 0.25) is 0 Å². The van der Waals surface area contributed by atoms with Gasteiger partial charge >= 0.3 is 5.97 Å². The van der Waals surface area contributed by atoms with E-state index in [4.69, 9.17) is 43.0 Å². The Morgan fingerprint density at radius 3 is 1.06 bits per heavy atom. The van der Waals surface area contributed by atoms with Gasteiger partial charge in [-0.25, -0.2) is 0 Å². The van der Waals surface area contributed by atoms with Crippen LogP contribution in [0.15, 0.2) is 0 Å². The summed E-state index contributed by atoms with van der Waals surface area (Å²) in [6.45, 7) is 9.17. The first-order chi connectivity index (χ1) is 16.1. The van der Waals surface area contributed by atoms with Crippen molar-refractivity contribution in [2.45, 2.75) is 13.3 Å². The van der Waals surface area contributed by atoms with E-state index in [0.29, 0.717) is 106 Å². The van der Waals surface area contributed by atoms with Crippen LogP contribution >= 0.6 is 0 Å². The molecule has 0 rings (SSSR count). The fourth-order valence-electron chi connectivity index (χ4n) is 2.10. The Morgan fingerprint density at radius 2 is 0.788 bits per heavy atom. The van der Waals surface area contributed by atoms with E-state index in [9.17, 15) is 9.59 Å². The third-order valence-electron chi connectivity index (χ3n) is 3.68. The van der Waals surface area contributed by atoms with E-state index in [-0.39, 0.29) is 18.9 Å². The molecular weight excluding hydrogens is 442 g/mol. The Hall–Kier alpha value is -1.38. The van der Waals surface area contributed by atoms with Gasteiger partial charge in [0.25, 0.3) is 0 Å². The molecule has 0 bridgehead atoms. The Labute approximate surface area is 196 Å². The summed E-state index contributed by atoms with van der Waals surface area (Å²) in [5.41, 5.74) is 0. The monoisotopic (exact) mass is 483 g/mol. The highest BCUT2D eigenvalue weighted by atomic mass is 16.6. The smallest absolute Gasteiger partial charge is 0.305 e. The standard InChI is InChI=1S/C21H41NO11/c1-20(23)22-3-5-27-7-9-29-11-13-31-15-17-33-19-18-32-16-14-30-12-10-28-8-6-26-4-2-21(24)25/h2-19H2,1H3,(H,22,23)(H,24,25). The highest BCUT2D eigenvalue weighted by Gasteiger charge is 1.97. The SMILES string of the molecule is CC(=O)NCCOCCOCCOCCOCCOCCOCCOCCOCCC(=O)O. The summed E-state index contributed by atoms with van der Waals surface area (Å²) >= 11 is 0. The molecule has 0 aliphatic carbocycles. The van der Waals surface area contributed by atoms with Crippen molar-refractivity contribution in [2.24, 2.45) is 0 Å². The van der Waals surface area contributed by atoms with Crippen LogP contribution in [0.1, 0.15) is 13.3 Å². The Balaban J connectivity index is 3.02. The molecule has 0 aromatic carbocycles. The number of carbonyl (C=O) groups is 2. The lowest BCUT2D eigenvalue weighted by atomic mass is 10.5. The molecule has 0 saturated heterocycles. The van der Waals surface area contributed by atoms with Crippen LogP contribution in [0.25, 0.3) is 0 Å². The second-order valence-corrected chi connectivity index (χ2v) is 6.53. The second-order valence-electron chi connectivity index (χ2n) is 6.53. The normalized spacial score (nSPS) is 11.1. The third-order valence-corrected chi connectivity index (χ3v) is 3.68. The van der Waals surface area contributed by atoms with Gasteiger partial charge in [-0.3, -0.25) is 9.59 Å². The van der Waals surface area contributed by atoms with Gasteiger partial charge in [0, 0.05) is 13.5 Å². The summed E-state index contributed by atoms with van der Waals surface area (Å²) in [7, 11) is 0. The highest BCUT2D eigenvalue weighted by molar-refractivity contribution is 5.72. The van der Waals surface area contributed by atoms with Crippen LogP contribution in [-0.4, -0.2) is 129 Å². The maximum Gasteiger partial charge on any atom is 0.305 e. The molecule has 0 heterocycles. The summed E-state index contributed by atoms with van der Waals surface area (Å²) in [5, 5.41) is 11.1. The van der Waals surface area contributed by atoms with Crippen LogP contribution in [0.5, 0.6) is 0 Å². The number of carboxylic acids is 1.